The molecule has 1 saturated heterocycles. The summed E-state index contributed by atoms with van der Waals surface area (Å²) >= 11 is 0. The maximum atomic E-state index is 15.3. The number of aromatic carboxylic acids is 1. The zero-order valence-corrected chi connectivity index (χ0v) is 17.5. The molecule has 1 aliphatic rings. The van der Waals surface area contributed by atoms with E-state index in [1.807, 2.05) is 11.8 Å². The molecule has 4 rings (SSSR count). The van der Waals surface area contributed by atoms with Crippen molar-refractivity contribution >= 4 is 22.6 Å². The van der Waals surface area contributed by atoms with Gasteiger partial charge >= 0.3 is 5.97 Å². The van der Waals surface area contributed by atoms with Gasteiger partial charge in [-0.1, -0.05) is 6.92 Å². The zero-order chi connectivity index (χ0) is 23.3. The number of halogens is 3. The van der Waals surface area contributed by atoms with Gasteiger partial charge in [0.15, 0.2) is 0 Å². The van der Waals surface area contributed by atoms with Gasteiger partial charge in [-0.2, -0.15) is 0 Å². The molecule has 32 heavy (non-hydrogen) atoms. The van der Waals surface area contributed by atoms with Crippen molar-refractivity contribution in [3.05, 3.63) is 69.3 Å². The number of carboxylic acids is 1. The van der Waals surface area contributed by atoms with E-state index in [1.165, 1.54) is 4.57 Å². The zero-order valence-electron chi connectivity index (χ0n) is 17.5. The Morgan fingerprint density at radius 3 is 2.53 bits per heavy atom. The van der Waals surface area contributed by atoms with Crippen LogP contribution in [0, 0.1) is 30.3 Å². The van der Waals surface area contributed by atoms with Crippen LogP contribution in [-0.4, -0.2) is 34.8 Å². The summed E-state index contributed by atoms with van der Waals surface area (Å²) in [5, 5.41) is 9.28. The highest BCUT2D eigenvalue weighted by Gasteiger charge is 2.28. The average molecular weight is 445 g/mol. The number of hydrogen-bond donors (Lipinski definition) is 2. The van der Waals surface area contributed by atoms with Gasteiger partial charge in [-0.25, -0.2) is 18.0 Å². The lowest BCUT2D eigenvalue weighted by molar-refractivity contribution is 0.0695. The van der Waals surface area contributed by atoms with E-state index in [0.29, 0.717) is 31.1 Å². The molecule has 0 bridgehead atoms. The highest BCUT2D eigenvalue weighted by atomic mass is 19.1. The smallest absolute Gasteiger partial charge is 0.341 e. The first-order valence-corrected chi connectivity index (χ1v) is 10.2. The summed E-state index contributed by atoms with van der Waals surface area (Å²) in [5.41, 5.74) is 5.15. The maximum absolute atomic E-state index is 15.3. The summed E-state index contributed by atoms with van der Waals surface area (Å²) < 4.78 is 44.6. The average Bonchev–Trinajstić information content (AvgIpc) is 2.71. The molecule has 1 aromatic heterocycles. The number of aromatic nitrogens is 1. The van der Waals surface area contributed by atoms with Gasteiger partial charge in [-0.3, -0.25) is 4.79 Å². The second-order valence-electron chi connectivity index (χ2n) is 8.25. The number of nitrogens with two attached hydrogens (primary N) is 1. The molecule has 9 heteroatoms. The number of anilines is 1. The van der Waals surface area contributed by atoms with Crippen LogP contribution in [0.1, 0.15) is 29.3 Å². The molecule has 0 saturated carbocycles. The van der Waals surface area contributed by atoms with Crippen molar-refractivity contribution in [3.8, 4) is 5.69 Å². The summed E-state index contributed by atoms with van der Waals surface area (Å²) in [5.74, 6) is -3.87. The monoisotopic (exact) mass is 445 g/mol. The molecule has 0 aliphatic carbocycles. The van der Waals surface area contributed by atoms with Crippen LogP contribution in [0.25, 0.3) is 16.6 Å². The quantitative estimate of drug-likeness (QED) is 0.643. The Bertz CT molecular complexity index is 1310. The number of pyridine rings is 1. The Hall–Kier alpha value is -3.33. The fraction of sp³-hybridized carbons (Fsp3) is 0.304. The summed E-state index contributed by atoms with van der Waals surface area (Å²) in [6.45, 7) is 4.55. The number of carbonyl (C=O) groups is 1. The lowest BCUT2D eigenvalue weighted by Crippen LogP contribution is -2.46. The molecule has 0 radical (unpaired) electrons. The van der Waals surface area contributed by atoms with E-state index < -0.39 is 34.4 Å². The molecule has 2 atom stereocenters. The van der Waals surface area contributed by atoms with Gasteiger partial charge in [0.05, 0.1) is 22.3 Å². The van der Waals surface area contributed by atoms with Crippen molar-refractivity contribution in [2.75, 3.05) is 18.0 Å². The number of aryl methyl sites for hydroxylation is 1. The Balaban J connectivity index is 2.07. The molecular formula is C23H22F3N3O3. The molecule has 1 aliphatic heterocycles. The van der Waals surface area contributed by atoms with E-state index in [4.69, 9.17) is 5.73 Å². The number of carboxylic acid groups (broad SMARTS) is 1. The Labute approximate surface area is 181 Å². The first kappa shape index (κ1) is 21.9. The summed E-state index contributed by atoms with van der Waals surface area (Å²) in [6.07, 6.45) is 1.64. The Morgan fingerprint density at radius 1 is 1.19 bits per heavy atom. The number of benzene rings is 2. The first-order valence-electron chi connectivity index (χ1n) is 10.2. The second kappa shape index (κ2) is 7.98. The van der Waals surface area contributed by atoms with E-state index >= 15 is 4.39 Å². The molecule has 2 aromatic carbocycles. The molecule has 6 nitrogen and oxygen atoms in total. The van der Waals surface area contributed by atoms with Crippen LogP contribution in [0.3, 0.4) is 0 Å². The van der Waals surface area contributed by atoms with Crippen LogP contribution < -0.4 is 16.1 Å². The van der Waals surface area contributed by atoms with Crippen LogP contribution in [-0.2, 0) is 0 Å². The Morgan fingerprint density at radius 2 is 1.91 bits per heavy atom. The summed E-state index contributed by atoms with van der Waals surface area (Å²) in [7, 11) is 0. The van der Waals surface area contributed by atoms with E-state index in [2.05, 4.69) is 0 Å². The maximum Gasteiger partial charge on any atom is 0.341 e. The van der Waals surface area contributed by atoms with E-state index in [0.717, 1.165) is 24.4 Å². The van der Waals surface area contributed by atoms with Crippen molar-refractivity contribution < 1.29 is 23.1 Å². The van der Waals surface area contributed by atoms with Gasteiger partial charge in [0.1, 0.15) is 23.0 Å². The van der Waals surface area contributed by atoms with Gasteiger partial charge in [0.2, 0.25) is 5.43 Å². The molecule has 3 aromatic rings. The summed E-state index contributed by atoms with van der Waals surface area (Å²) in [6, 6.07) is 3.80. The number of hydrogen-bond acceptors (Lipinski definition) is 4. The molecule has 0 amide bonds. The highest BCUT2D eigenvalue weighted by Crippen LogP contribution is 2.34. The van der Waals surface area contributed by atoms with Gasteiger partial charge in [-0.05, 0) is 37.5 Å². The van der Waals surface area contributed by atoms with Crippen molar-refractivity contribution in [2.24, 2.45) is 11.7 Å². The van der Waals surface area contributed by atoms with Gasteiger partial charge in [-0.15, -0.1) is 0 Å². The van der Waals surface area contributed by atoms with Crippen LogP contribution in [0.15, 0.2) is 35.3 Å². The third-order valence-electron chi connectivity index (χ3n) is 6.14. The molecular weight excluding hydrogens is 423 g/mol. The van der Waals surface area contributed by atoms with Crippen molar-refractivity contribution in [2.45, 2.75) is 26.3 Å². The van der Waals surface area contributed by atoms with Crippen LogP contribution in [0.4, 0.5) is 18.9 Å². The van der Waals surface area contributed by atoms with Crippen LogP contribution in [0.5, 0.6) is 0 Å². The van der Waals surface area contributed by atoms with E-state index in [9.17, 15) is 23.5 Å². The van der Waals surface area contributed by atoms with Gasteiger partial charge in [0, 0.05) is 37.0 Å². The number of rotatable bonds is 3. The molecule has 168 valence electrons. The molecule has 0 unspecified atom stereocenters. The number of piperidine rings is 1. The van der Waals surface area contributed by atoms with Crippen LogP contribution >= 0.6 is 0 Å². The largest absolute Gasteiger partial charge is 0.477 e. The molecule has 0 spiro atoms. The molecule has 1 fully saturated rings. The fourth-order valence-electron chi connectivity index (χ4n) is 4.41. The topological polar surface area (TPSA) is 88.6 Å². The number of nitrogens with zero attached hydrogens (tertiary/aromatic N) is 2. The van der Waals surface area contributed by atoms with Crippen LogP contribution in [0.2, 0.25) is 0 Å². The van der Waals surface area contributed by atoms with Crippen molar-refractivity contribution in [1.82, 2.24) is 4.57 Å². The fourth-order valence-corrected chi connectivity index (χ4v) is 4.41. The molecule has 2 heterocycles. The second-order valence-corrected chi connectivity index (χ2v) is 8.25. The predicted molar refractivity (Wildman–Crippen MR) is 115 cm³/mol. The molecule has 3 N–H and O–H groups in total. The predicted octanol–water partition coefficient (Wildman–Crippen LogP) is 3.59. The lowest BCUT2D eigenvalue weighted by Gasteiger charge is -2.37. The van der Waals surface area contributed by atoms with Crippen molar-refractivity contribution in [3.63, 3.8) is 0 Å². The number of fused-ring (bicyclic) bond motifs is 1. The van der Waals surface area contributed by atoms with E-state index in [1.54, 1.807) is 6.92 Å². The Kier molecular flexibility index (Phi) is 5.46. The lowest BCUT2D eigenvalue weighted by atomic mass is 9.93. The highest BCUT2D eigenvalue weighted by molar-refractivity contribution is 5.96. The minimum Gasteiger partial charge on any atom is -0.477 e. The SMILES string of the molecule is Cc1c(N2CC[C@@H](N)[C@H](C)C2)c(F)cc2c(=O)c(C(=O)O)cn(-c3ccc(F)cc3F)c12. The standard InChI is InChI=1S/C23H22F3N3O3/c1-11-9-28(6-5-18(11)27)21-12(2)20-14(8-17(21)26)22(30)15(23(31)32)10-29(20)19-4-3-13(24)7-16(19)25/h3-4,7-8,10-11,18H,5-6,9,27H2,1-2H3,(H,31,32)/t11-,18-/m1/s1. The third-order valence-corrected chi connectivity index (χ3v) is 6.14. The van der Waals surface area contributed by atoms with Gasteiger partial charge in [0.25, 0.3) is 0 Å². The minimum atomic E-state index is -1.53. The van der Waals surface area contributed by atoms with Crippen molar-refractivity contribution in [1.29, 1.82) is 0 Å². The van der Waals surface area contributed by atoms with E-state index in [-0.39, 0.29) is 34.2 Å². The third kappa shape index (κ3) is 3.52. The van der Waals surface area contributed by atoms with Gasteiger partial charge < -0.3 is 20.3 Å². The first-order chi connectivity index (χ1) is 15.1. The normalized spacial score (nSPS) is 18.9. The summed E-state index contributed by atoms with van der Waals surface area (Å²) in [4.78, 5) is 26.3. The minimum absolute atomic E-state index is 0.0142.